The highest BCUT2D eigenvalue weighted by atomic mass is 35.5. The lowest BCUT2D eigenvalue weighted by Crippen LogP contribution is -2.39. The minimum atomic E-state index is -0.805. The van der Waals surface area contributed by atoms with Crippen molar-refractivity contribution >= 4 is 46.6 Å². The molecular weight excluding hydrogens is 623 g/mol. The van der Waals surface area contributed by atoms with Gasteiger partial charge in [0, 0.05) is 6.20 Å². The first-order chi connectivity index (χ1) is 21.2. The number of hydrogen-bond acceptors (Lipinski definition) is 8. The molecule has 0 saturated heterocycles. The number of hydrogen-bond donors (Lipinski definition) is 0. The number of benzene rings is 3. The van der Waals surface area contributed by atoms with E-state index in [1.54, 1.807) is 36.4 Å². The fourth-order valence-corrected chi connectivity index (χ4v) is 6.48. The summed E-state index contributed by atoms with van der Waals surface area (Å²) in [6.07, 6.45) is 3.13. The molecule has 5 rings (SSSR count). The van der Waals surface area contributed by atoms with E-state index in [1.165, 1.54) is 29.2 Å². The number of rotatable bonds is 10. The van der Waals surface area contributed by atoms with E-state index < -0.39 is 12.0 Å². The molecule has 0 saturated carbocycles. The first-order valence-electron chi connectivity index (χ1n) is 13.9. The Morgan fingerprint density at radius 1 is 1.00 bits per heavy atom. The molecule has 44 heavy (non-hydrogen) atoms. The van der Waals surface area contributed by atoms with Crippen LogP contribution >= 0.6 is 34.5 Å². The van der Waals surface area contributed by atoms with Gasteiger partial charge in [0.15, 0.2) is 22.0 Å². The van der Waals surface area contributed by atoms with E-state index in [0.29, 0.717) is 67.6 Å². The Kier molecular flexibility index (Phi) is 9.78. The molecule has 0 radical (unpaired) electrons. The number of thiazole rings is 1. The third-order valence-electron chi connectivity index (χ3n) is 6.79. The molecule has 228 valence electrons. The van der Waals surface area contributed by atoms with Crippen LogP contribution in [-0.2, 0) is 16.1 Å². The number of fused-ring (bicyclic) bond motifs is 1. The Morgan fingerprint density at radius 2 is 1.73 bits per heavy atom. The van der Waals surface area contributed by atoms with Crippen molar-refractivity contribution in [2.75, 3.05) is 20.3 Å². The summed E-state index contributed by atoms with van der Waals surface area (Å²) in [5, 5.41) is 0.626. The number of halogens is 2. The molecule has 0 unspecified atom stereocenters. The molecule has 1 atom stereocenters. The Morgan fingerprint density at radius 3 is 2.41 bits per heavy atom. The zero-order chi connectivity index (χ0) is 31.4. The maximum Gasteiger partial charge on any atom is 0.337 e. The minimum absolute atomic E-state index is 0.208. The van der Waals surface area contributed by atoms with Crippen LogP contribution in [0.15, 0.2) is 76.2 Å². The van der Waals surface area contributed by atoms with Gasteiger partial charge in [-0.15, -0.1) is 0 Å². The van der Waals surface area contributed by atoms with Crippen molar-refractivity contribution in [3.63, 3.8) is 0 Å². The lowest BCUT2D eigenvalue weighted by atomic mass is 9.97. The summed E-state index contributed by atoms with van der Waals surface area (Å²) in [5.74, 6) is 0.829. The molecule has 0 spiro atoms. The predicted molar refractivity (Wildman–Crippen MR) is 172 cm³/mol. The molecule has 0 aliphatic carbocycles. The number of aryl methyl sites for hydroxylation is 1. The van der Waals surface area contributed by atoms with Crippen molar-refractivity contribution in [1.29, 1.82) is 0 Å². The van der Waals surface area contributed by atoms with E-state index >= 15 is 0 Å². The van der Waals surface area contributed by atoms with Gasteiger partial charge in [0.1, 0.15) is 6.61 Å². The van der Waals surface area contributed by atoms with Crippen molar-refractivity contribution < 1.29 is 23.7 Å². The average molecular weight is 654 g/mol. The maximum absolute atomic E-state index is 13.9. The van der Waals surface area contributed by atoms with Crippen molar-refractivity contribution in [3.8, 4) is 17.2 Å². The highest BCUT2D eigenvalue weighted by Gasteiger charge is 2.31. The van der Waals surface area contributed by atoms with E-state index in [-0.39, 0.29) is 11.1 Å². The maximum atomic E-state index is 13.9. The van der Waals surface area contributed by atoms with Gasteiger partial charge < -0.3 is 18.9 Å². The monoisotopic (exact) mass is 652 g/mol. The second-order valence-corrected chi connectivity index (χ2v) is 11.7. The summed E-state index contributed by atoms with van der Waals surface area (Å²) in [6.45, 7) is 6.93. The van der Waals surface area contributed by atoms with Gasteiger partial charge in [0.2, 0.25) is 0 Å². The summed E-state index contributed by atoms with van der Waals surface area (Å²) >= 11 is 14.3. The smallest absolute Gasteiger partial charge is 0.337 e. The Labute approximate surface area is 268 Å². The zero-order valence-corrected chi connectivity index (χ0v) is 26.9. The van der Waals surface area contributed by atoms with Gasteiger partial charge in [0.25, 0.3) is 5.56 Å². The Balaban J connectivity index is 1.54. The van der Waals surface area contributed by atoms with Crippen LogP contribution in [0.5, 0.6) is 17.2 Å². The molecule has 3 aromatic carbocycles. The number of methoxy groups -OCH3 is 1. The molecule has 4 aromatic rings. The summed E-state index contributed by atoms with van der Waals surface area (Å²) in [4.78, 5) is 31.6. The van der Waals surface area contributed by atoms with Gasteiger partial charge >= 0.3 is 5.97 Å². The van der Waals surface area contributed by atoms with Crippen molar-refractivity contribution in [1.82, 2.24) is 4.57 Å². The van der Waals surface area contributed by atoms with Gasteiger partial charge in [-0.25, -0.2) is 9.79 Å². The number of nitrogens with zero attached hydrogens (tertiary/aromatic N) is 2. The fraction of sp³-hybridized carbons (Fsp3) is 0.242. The largest absolute Gasteiger partial charge is 0.490 e. The Hall–Kier alpha value is -4.05. The third-order valence-corrected chi connectivity index (χ3v) is 8.35. The van der Waals surface area contributed by atoms with E-state index in [1.807, 2.05) is 45.0 Å². The summed E-state index contributed by atoms with van der Waals surface area (Å²) < 4.78 is 24.4. The lowest BCUT2D eigenvalue weighted by Gasteiger charge is -2.23. The van der Waals surface area contributed by atoms with Crippen molar-refractivity contribution in [2.45, 2.75) is 33.4 Å². The van der Waals surface area contributed by atoms with Crippen LogP contribution in [0.2, 0.25) is 10.0 Å². The van der Waals surface area contributed by atoms with Gasteiger partial charge in [-0.2, -0.15) is 0 Å². The van der Waals surface area contributed by atoms with E-state index in [0.717, 1.165) is 11.1 Å². The molecule has 0 N–H and O–H groups in total. The predicted octanol–water partition coefficient (Wildman–Crippen LogP) is 6.01. The molecule has 0 bridgehead atoms. The average Bonchev–Trinajstić information content (AvgIpc) is 3.31. The lowest BCUT2D eigenvalue weighted by molar-refractivity contribution is -0.136. The SMILES string of the molecule is CCOc1ccc([C@@H]2C(C(=O)OC)=CN=c3s/c(=C\c4cc(Cl)c(OCc5cccc(C)c5)c(Cl)c4)c(=O)n32)cc1OCC. The van der Waals surface area contributed by atoms with Crippen LogP contribution < -0.4 is 29.1 Å². The normalized spacial score (nSPS) is 14.4. The third kappa shape index (κ3) is 6.55. The highest BCUT2D eigenvalue weighted by molar-refractivity contribution is 7.07. The van der Waals surface area contributed by atoms with Gasteiger partial charge in [-0.1, -0.05) is 70.4 Å². The highest BCUT2D eigenvalue weighted by Crippen LogP contribution is 2.36. The standard InChI is InChI=1S/C33H30Cl2N2O6S/c1-5-41-26-11-10-22(16-27(26)42-6-2)29-23(32(39)40-4)17-36-33-37(29)31(38)28(44-33)15-21-13-24(34)30(25(35)14-21)43-18-20-9-7-8-19(3)12-20/h7-17,29H,5-6,18H2,1-4H3/b28-15-/t29-/m1/s1. The van der Waals surface area contributed by atoms with Crippen LogP contribution in [-0.4, -0.2) is 30.9 Å². The molecular formula is C33H30Cl2N2O6S. The van der Waals surface area contributed by atoms with E-state index in [9.17, 15) is 9.59 Å². The summed E-state index contributed by atoms with van der Waals surface area (Å²) in [6, 6.07) is 15.9. The van der Waals surface area contributed by atoms with Crippen molar-refractivity contribution in [2.24, 2.45) is 4.99 Å². The van der Waals surface area contributed by atoms with E-state index in [2.05, 4.69) is 4.99 Å². The van der Waals surface area contributed by atoms with Crippen LogP contribution in [0.3, 0.4) is 0 Å². The van der Waals surface area contributed by atoms with Crippen molar-refractivity contribution in [3.05, 3.63) is 118 Å². The zero-order valence-electron chi connectivity index (χ0n) is 24.6. The fourth-order valence-electron chi connectivity index (χ4n) is 4.90. The molecule has 11 heteroatoms. The van der Waals surface area contributed by atoms with Crippen LogP contribution in [0.4, 0.5) is 0 Å². The van der Waals surface area contributed by atoms with E-state index in [4.69, 9.17) is 42.1 Å². The quantitative estimate of drug-likeness (QED) is 0.195. The van der Waals surface area contributed by atoms with Gasteiger partial charge in [-0.3, -0.25) is 9.36 Å². The summed E-state index contributed by atoms with van der Waals surface area (Å²) in [5.41, 5.74) is 3.22. The first kappa shape index (κ1) is 31.4. The summed E-state index contributed by atoms with van der Waals surface area (Å²) in [7, 11) is 1.29. The van der Waals surface area contributed by atoms with Gasteiger partial charge in [-0.05, 0) is 67.8 Å². The molecule has 8 nitrogen and oxygen atoms in total. The van der Waals surface area contributed by atoms with Crippen LogP contribution in [0.25, 0.3) is 6.08 Å². The molecule has 0 fully saturated rings. The minimum Gasteiger partial charge on any atom is -0.490 e. The number of carbonyl (C=O) groups is 1. The molecule has 2 heterocycles. The molecule has 0 amide bonds. The number of esters is 1. The topological polar surface area (TPSA) is 88.4 Å². The van der Waals surface area contributed by atoms with Gasteiger partial charge in [0.05, 0.1) is 46.5 Å². The van der Waals surface area contributed by atoms with Crippen LogP contribution in [0.1, 0.15) is 42.1 Å². The Bertz CT molecular complexity index is 1910. The molecule has 1 aliphatic rings. The number of carbonyl (C=O) groups excluding carboxylic acids is 1. The molecule has 1 aromatic heterocycles. The first-order valence-corrected chi connectivity index (χ1v) is 15.5. The second kappa shape index (κ2) is 13.7. The van der Waals surface area contributed by atoms with Crippen LogP contribution in [0, 0.1) is 6.92 Å². The number of aromatic nitrogens is 1. The second-order valence-electron chi connectivity index (χ2n) is 9.84. The number of ether oxygens (including phenoxy) is 4. The molecule has 1 aliphatic heterocycles.